The lowest BCUT2D eigenvalue weighted by Gasteiger charge is -2.20. The summed E-state index contributed by atoms with van der Waals surface area (Å²) in [5, 5.41) is 9.06. The maximum absolute atomic E-state index is 6.12. The van der Waals surface area contributed by atoms with E-state index in [0.29, 0.717) is 10.0 Å². The van der Waals surface area contributed by atoms with Crippen molar-refractivity contribution in [1.82, 2.24) is 15.1 Å². The van der Waals surface area contributed by atoms with Crippen LogP contribution in [-0.2, 0) is 7.05 Å². The van der Waals surface area contributed by atoms with E-state index in [4.69, 9.17) is 23.2 Å². The first-order chi connectivity index (χ1) is 9.52. The fourth-order valence-electron chi connectivity index (χ4n) is 2.15. The molecule has 0 saturated carbocycles. The molecule has 2 aromatic rings. The van der Waals surface area contributed by atoms with Crippen molar-refractivity contribution in [2.45, 2.75) is 19.4 Å². The van der Waals surface area contributed by atoms with Gasteiger partial charge in [0.05, 0.1) is 22.4 Å². The minimum Gasteiger partial charge on any atom is -0.305 e. The van der Waals surface area contributed by atoms with E-state index in [1.165, 1.54) is 0 Å². The van der Waals surface area contributed by atoms with E-state index in [-0.39, 0.29) is 6.04 Å². The normalized spacial score (nSPS) is 12.7. The van der Waals surface area contributed by atoms with Crippen LogP contribution in [-0.4, -0.2) is 16.3 Å². The minimum absolute atomic E-state index is 0.00646. The molecule has 1 N–H and O–H groups in total. The van der Waals surface area contributed by atoms with Crippen molar-refractivity contribution in [3.8, 4) is 0 Å². The van der Waals surface area contributed by atoms with E-state index in [0.717, 1.165) is 28.7 Å². The molecule has 3 nitrogen and oxygen atoms in total. The minimum atomic E-state index is -0.00646. The van der Waals surface area contributed by atoms with Crippen LogP contribution in [0.25, 0.3) is 0 Å². The van der Waals surface area contributed by atoms with Crippen LogP contribution in [0.1, 0.15) is 30.6 Å². The second-order valence-corrected chi connectivity index (χ2v) is 6.32. The molecule has 1 aromatic heterocycles. The second kappa shape index (κ2) is 6.94. The number of hydrogen-bond acceptors (Lipinski definition) is 2. The van der Waals surface area contributed by atoms with Crippen LogP contribution in [0.3, 0.4) is 0 Å². The molecule has 0 aliphatic carbocycles. The zero-order chi connectivity index (χ0) is 14.7. The van der Waals surface area contributed by atoms with Crippen molar-refractivity contribution in [3.63, 3.8) is 0 Å². The van der Waals surface area contributed by atoms with E-state index < -0.39 is 0 Å². The van der Waals surface area contributed by atoms with Gasteiger partial charge in [-0.1, -0.05) is 30.1 Å². The van der Waals surface area contributed by atoms with Gasteiger partial charge in [-0.2, -0.15) is 5.10 Å². The van der Waals surface area contributed by atoms with E-state index >= 15 is 0 Å². The number of aryl methyl sites for hydroxylation is 1. The van der Waals surface area contributed by atoms with Crippen LogP contribution in [0.4, 0.5) is 0 Å². The Morgan fingerprint density at radius 1 is 1.30 bits per heavy atom. The summed E-state index contributed by atoms with van der Waals surface area (Å²) < 4.78 is 2.82. The van der Waals surface area contributed by atoms with Gasteiger partial charge >= 0.3 is 0 Å². The van der Waals surface area contributed by atoms with Crippen LogP contribution >= 0.6 is 39.1 Å². The average molecular weight is 377 g/mol. The van der Waals surface area contributed by atoms with Gasteiger partial charge in [0.25, 0.3) is 0 Å². The van der Waals surface area contributed by atoms with E-state index in [2.05, 4.69) is 33.3 Å². The largest absolute Gasteiger partial charge is 0.305 e. The van der Waals surface area contributed by atoms with Crippen LogP contribution in [0, 0.1) is 0 Å². The molecule has 1 unspecified atom stereocenters. The van der Waals surface area contributed by atoms with Crippen molar-refractivity contribution in [1.29, 1.82) is 0 Å². The lowest BCUT2D eigenvalue weighted by Crippen LogP contribution is -2.25. The Labute approximate surface area is 137 Å². The molecule has 0 amide bonds. The summed E-state index contributed by atoms with van der Waals surface area (Å²) in [7, 11) is 1.92. The molecule has 1 atom stereocenters. The van der Waals surface area contributed by atoms with Gasteiger partial charge in [0.2, 0.25) is 0 Å². The molecule has 108 valence electrons. The molecule has 0 spiro atoms. The van der Waals surface area contributed by atoms with Crippen molar-refractivity contribution in [2.24, 2.45) is 7.05 Å². The van der Waals surface area contributed by atoms with Gasteiger partial charge < -0.3 is 5.32 Å². The van der Waals surface area contributed by atoms with Gasteiger partial charge in [0, 0.05) is 17.1 Å². The smallest absolute Gasteiger partial charge is 0.0760 e. The van der Waals surface area contributed by atoms with E-state index in [1.54, 1.807) is 12.3 Å². The summed E-state index contributed by atoms with van der Waals surface area (Å²) in [6, 6.07) is 5.59. The fraction of sp³-hybridized carbons (Fsp3) is 0.357. The Bertz CT molecular complexity index is 558. The van der Waals surface area contributed by atoms with Crippen molar-refractivity contribution < 1.29 is 0 Å². The molecular formula is C14H16BrCl2N3. The van der Waals surface area contributed by atoms with Crippen LogP contribution in [0.2, 0.25) is 10.0 Å². The van der Waals surface area contributed by atoms with Crippen LogP contribution in [0.5, 0.6) is 0 Å². The number of nitrogens with one attached hydrogen (secondary N) is 1. The molecule has 0 aliphatic rings. The predicted molar refractivity (Wildman–Crippen MR) is 87.5 cm³/mol. The lowest BCUT2D eigenvalue weighted by atomic mass is 10.0. The topological polar surface area (TPSA) is 29.9 Å². The van der Waals surface area contributed by atoms with Crippen molar-refractivity contribution >= 4 is 39.1 Å². The molecule has 20 heavy (non-hydrogen) atoms. The fourth-order valence-corrected chi connectivity index (χ4v) is 3.27. The summed E-state index contributed by atoms with van der Waals surface area (Å²) in [6.07, 6.45) is 2.84. The van der Waals surface area contributed by atoms with Gasteiger partial charge in [-0.25, -0.2) is 0 Å². The number of benzene rings is 1. The number of aromatic nitrogens is 2. The Kier molecular flexibility index (Phi) is 5.49. The first-order valence-corrected chi connectivity index (χ1v) is 7.94. The lowest BCUT2D eigenvalue weighted by molar-refractivity contribution is 0.552. The zero-order valence-electron chi connectivity index (χ0n) is 11.3. The highest BCUT2D eigenvalue weighted by atomic mass is 79.9. The Morgan fingerprint density at radius 3 is 2.45 bits per heavy atom. The van der Waals surface area contributed by atoms with Gasteiger partial charge in [-0.15, -0.1) is 0 Å². The predicted octanol–water partition coefficient (Wildman–Crippen LogP) is 4.58. The first kappa shape index (κ1) is 15.8. The molecular weight excluding hydrogens is 361 g/mol. The number of halogens is 3. The third-order valence-corrected chi connectivity index (χ3v) is 4.08. The summed E-state index contributed by atoms with van der Waals surface area (Å²) in [5.41, 5.74) is 2.08. The summed E-state index contributed by atoms with van der Waals surface area (Å²) in [6.45, 7) is 3.03. The highest BCUT2D eigenvalue weighted by molar-refractivity contribution is 9.10. The van der Waals surface area contributed by atoms with E-state index in [1.807, 2.05) is 23.9 Å². The molecule has 1 heterocycles. The Hall–Kier alpha value is -0.550. The number of nitrogens with zero attached hydrogens (tertiary/aromatic N) is 2. The van der Waals surface area contributed by atoms with Gasteiger partial charge in [-0.3, -0.25) is 4.68 Å². The highest BCUT2D eigenvalue weighted by Gasteiger charge is 2.21. The van der Waals surface area contributed by atoms with Crippen molar-refractivity contribution in [2.75, 3.05) is 6.54 Å². The summed E-state index contributed by atoms with van der Waals surface area (Å²) in [5.74, 6) is 0. The summed E-state index contributed by atoms with van der Waals surface area (Å²) >= 11 is 15.8. The first-order valence-electron chi connectivity index (χ1n) is 6.39. The Balaban J connectivity index is 2.47. The van der Waals surface area contributed by atoms with Crippen LogP contribution < -0.4 is 5.32 Å². The maximum Gasteiger partial charge on any atom is 0.0760 e. The van der Waals surface area contributed by atoms with Gasteiger partial charge in [0.15, 0.2) is 0 Å². The molecule has 1 aromatic carbocycles. The third-order valence-electron chi connectivity index (χ3n) is 3.03. The summed E-state index contributed by atoms with van der Waals surface area (Å²) in [4.78, 5) is 0. The quantitative estimate of drug-likeness (QED) is 0.827. The molecule has 0 fully saturated rings. The molecule has 0 saturated heterocycles. The molecule has 2 rings (SSSR count). The third kappa shape index (κ3) is 3.55. The molecule has 0 radical (unpaired) electrons. The monoisotopic (exact) mass is 375 g/mol. The standard InChI is InChI=1S/C14H16BrCl2N3/c1-3-4-18-13(14-12(15)8-19-20(14)2)9-5-10(16)7-11(17)6-9/h5-8,13,18H,3-4H2,1-2H3. The highest BCUT2D eigenvalue weighted by Crippen LogP contribution is 2.31. The molecule has 0 bridgehead atoms. The molecule has 6 heteroatoms. The van der Waals surface area contributed by atoms with Gasteiger partial charge in [-0.05, 0) is 52.7 Å². The zero-order valence-corrected chi connectivity index (χ0v) is 14.4. The van der Waals surface area contributed by atoms with Crippen LogP contribution in [0.15, 0.2) is 28.9 Å². The SMILES string of the molecule is CCCNC(c1cc(Cl)cc(Cl)c1)c1c(Br)cnn1C. The number of hydrogen-bond donors (Lipinski definition) is 1. The maximum atomic E-state index is 6.12. The van der Waals surface area contributed by atoms with E-state index in [9.17, 15) is 0 Å². The average Bonchev–Trinajstić information content (AvgIpc) is 2.70. The Morgan fingerprint density at radius 2 is 1.95 bits per heavy atom. The van der Waals surface area contributed by atoms with Crippen molar-refractivity contribution in [3.05, 3.63) is 50.2 Å². The van der Waals surface area contributed by atoms with Gasteiger partial charge in [0.1, 0.15) is 0 Å². The second-order valence-electron chi connectivity index (χ2n) is 4.59. The molecule has 0 aliphatic heterocycles. The number of rotatable bonds is 5.